The maximum atomic E-state index is 10.8. The fraction of sp³-hybridized carbons (Fsp3) is 0.533. The summed E-state index contributed by atoms with van der Waals surface area (Å²) in [5.41, 5.74) is 2.52. The number of carboxylic acids is 1. The molecule has 1 aromatic rings. The van der Waals surface area contributed by atoms with Crippen molar-refractivity contribution in [3.05, 3.63) is 29.8 Å². The molecule has 2 rings (SSSR count). The first-order chi connectivity index (χ1) is 8.38. The number of carboxylic acid groups (broad SMARTS) is 1. The van der Waals surface area contributed by atoms with E-state index in [0.29, 0.717) is 6.04 Å². The smallest absolute Gasteiger partial charge is 0.306 e. The second kappa shape index (κ2) is 4.63. The van der Waals surface area contributed by atoms with Crippen LogP contribution in [0.2, 0.25) is 0 Å². The zero-order valence-electron chi connectivity index (χ0n) is 11.2. The molecule has 3 nitrogen and oxygen atoms in total. The maximum absolute atomic E-state index is 10.8. The molecule has 0 spiro atoms. The van der Waals surface area contributed by atoms with Gasteiger partial charge in [0.15, 0.2) is 0 Å². The summed E-state index contributed by atoms with van der Waals surface area (Å²) in [6.45, 7) is 6.57. The first-order valence-electron chi connectivity index (χ1n) is 6.47. The van der Waals surface area contributed by atoms with E-state index >= 15 is 0 Å². The minimum Gasteiger partial charge on any atom is -0.481 e. The van der Waals surface area contributed by atoms with Crippen LogP contribution >= 0.6 is 0 Å². The first-order valence-corrected chi connectivity index (χ1v) is 6.47. The van der Waals surface area contributed by atoms with Gasteiger partial charge >= 0.3 is 5.97 Å². The lowest BCUT2D eigenvalue weighted by Crippen LogP contribution is -2.39. The number of carbonyl (C=O) groups is 1. The molecule has 1 aliphatic carbocycles. The number of nitrogens with one attached hydrogen (secondary N) is 1. The number of anilines is 1. The number of aliphatic carboxylic acids is 1. The van der Waals surface area contributed by atoms with Crippen LogP contribution in [0.3, 0.4) is 0 Å². The van der Waals surface area contributed by atoms with E-state index in [1.165, 1.54) is 5.56 Å². The summed E-state index contributed by atoms with van der Waals surface area (Å²) in [5, 5.41) is 12.3. The number of hydrogen-bond acceptors (Lipinski definition) is 2. The summed E-state index contributed by atoms with van der Waals surface area (Å²) in [7, 11) is 0. The molecule has 0 atom stereocenters. The van der Waals surface area contributed by atoms with Crippen LogP contribution in [-0.2, 0) is 10.2 Å². The molecule has 0 aromatic heterocycles. The summed E-state index contributed by atoms with van der Waals surface area (Å²) < 4.78 is 0. The standard InChI is InChI=1S/C15H21NO2/c1-15(2,3)12-6-4-5-7-13(12)16-11-8-10(9-11)14(17)18/h4-7,10-11,16H,8-9H2,1-3H3,(H,17,18). The quantitative estimate of drug-likeness (QED) is 0.862. The minimum absolute atomic E-state index is 0.0968. The van der Waals surface area contributed by atoms with Crippen LogP contribution in [0.4, 0.5) is 5.69 Å². The Bertz CT molecular complexity index is 442. The van der Waals surface area contributed by atoms with Gasteiger partial charge in [0.2, 0.25) is 0 Å². The van der Waals surface area contributed by atoms with Crippen molar-refractivity contribution in [3.63, 3.8) is 0 Å². The molecule has 1 aromatic carbocycles. The van der Waals surface area contributed by atoms with Crippen molar-refractivity contribution in [2.24, 2.45) is 5.92 Å². The predicted octanol–water partition coefficient (Wildman–Crippen LogP) is 3.26. The molecule has 0 saturated heterocycles. The van der Waals surface area contributed by atoms with Gasteiger partial charge in [0.05, 0.1) is 5.92 Å². The van der Waals surface area contributed by atoms with Crippen LogP contribution in [0.25, 0.3) is 0 Å². The van der Waals surface area contributed by atoms with Gasteiger partial charge in [0, 0.05) is 11.7 Å². The molecule has 0 bridgehead atoms. The van der Waals surface area contributed by atoms with Crippen molar-refractivity contribution in [3.8, 4) is 0 Å². The second-order valence-electron chi connectivity index (χ2n) is 6.14. The highest BCUT2D eigenvalue weighted by molar-refractivity contribution is 5.71. The van der Waals surface area contributed by atoms with Crippen LogP contribution in [0.1, 0.15) is 39.2 Å². The zero-order valence-corrected chi connectivity index (χ0v) is 11.2. The van der Waals surface area contributed by atoms with Crippen molar-refractivity contribution >= 4 is 11.7 Å². The van der Waals surface area contributed by atoms with Gasteiger partial charge in [-0.15, -0.1) is 0 Å². The molecule has 0 radical (unpaired) electrons. The Hall–Kier alpha value is -1.51. The molecule has 98 valence electrons. The minimum atomic E-state index is -0.669. The Morgan fingerprint density at radius 1 is 1.28 bits per heavy atom. The highest BCUT2D eigenvalue weighted by Crippen LogP contribution is 2.34. The summed E-state index contributed by atoms with van der Waals surface area (Å²) in [5.74, 6) is -0.832. The third-order valence-corrected chi connectivity index (χ3v) is 3.58. The fourth-order valence-corrected chi connectivity index (χ4v) is 2.42. The Labute approximate surface area is 108 Å². The highest BCUT2D eigenvalue weighted by atomic mass is 16.4. The number of para-hydroxylation sites is 1. The van der Waals surface area contributed by atoms with Gasteiger partial charge < -0.3 is 10.4 Å². The van der Waals surface area contributed by atoms with Crippen LogP contribution in [0, 0.1) is 5.92 Å². The maximum Gasteiger partial charge on any atom is 0.306 e. The van der Waals surface area contributed by atoms with E-state index in [1.54, 1.807) is 0 Å². The van der Waals surface area contributed by atoms with Crippen LogP contribution in [0.5, 0.6) is 0 Å². The molecule has 0 unspecified atom stereocenters. The van der Waals surface area contributed by atoms with Gasteiger partial charge in [0.25, 0.3) is 0 Å². The largest absolute Gasteiger partial charge is 0.481 e. The van der Waals surface area contributed by atoms with Gasteiger partial charge in [-0.2, -0.15) is 0 Å². The van der Waals surface area contributed by atoms with Crippen molar-refractivity contribution in [1.29, 1.82) is 0 Å². The molecule has 0 amide bonds. The summed E-state index contributed by atoms with van der Waals surface area (Å²) >= 11 is 0. The Kier molecular flexibility index (Phi) is 3.33. The Morgan fingerprint density at radius 3 is 2.44 bits per heavy atom. The monoisotopic (exact) mass is 247 g/mol. The summed E-state index contributed by atoms with van der Waals surface area (Å²) in [4.78, 5) is 10.8. The summed E-state index contributed by atoms with van der Waals surface area (Å²) in [6, 6.07) is 8.58. The van der Waals surface area contributed by atoms with Crippen molar-refractivity contribution in [1.82, 2.24) is 0 Å². The molecule has 1 saturated carbocycles. The molecule has 1 aliphatic rings. The van der Waals surface area contributed by atoms with Crippen molar-refractivity contribution in [2.75, 3.05) is 5.32 Å². The van der Waals surface area contributed by atoms with Gasteiger partial charge in [0.1, 0.15) is 0 Å². The van der Waals surface area contributed by atoms with Gasteiger partial charge in [-0.05, 0) is 29.9 Å². The third kappa shape index (κ3) is 2.66. The zero-order chi connectivity index (χ0) is 13.3. The normalized spacial score (nSPS) is 23.3. The average Bonchev–Trinajstić information content (AvgIpc) is 2.21. The molecular weight excluding hydrogens is 226 g/mol. The van der Waals surface area contributed by atoms with Crippen molar-refractivity contribution < 1.29 is 9.90 Å². The van der Waals surface area contributed by atoms with E-state index < -0.39 is 5.97 Å². The lowest BCUT2D eigenvalue weighted by Gasteiger charge is -2.35. The number of rotatable bonds is 3. The lowest BCUT2D eigenvalue weighted by atomic mass is 9.79. The van der Waals surface area contributed by atoms with E-state index in [2.05, 4.69) is 38.2 Å². The molecule has 3 heteroatoms. The highest BCUT2D eigenvalue weighted by Gasteiger charge is 2.34. The molecule has 0 aliphatic heterocycles. The average molecular weight is 247 g/mol. The van der Waals surface area contributed by atoms with E-state index in [9.17, 15) is 4.79 Å². The number of hydrogen-bond donors (Lipinski definition) is 2. The van der Waals surface area contributed by atoms with Gasteiger partial charge in [-0.25, -0.2) is 0 Å². The van der Waals surface area contributed by atoms with E-state index in [0.717, 1.165) is 18.5 Å². The molecule has 0 heterocycles. The fourth-order valence-electron chi connectivity index (χ4n) is 2.42. The van der Waals surface area contributed by atoms with Crippen LogP contribution in [-0.4, -0.2) is 17.1 Å². The second-order valence-corrected chi connectivity index (χ2v) is 6.14. The number of benzene rings is 1. The molecule has 1 fully saturated rings. The van der Waals surface area contributed by atoms with Crippen LogP contribution in [0.15, 0.2) is 24.3 Å². The molecule has 18 heavy (non-hydrogen) atoms. The first kappa shape index (κ1) is 12.9. The van der Waals surface area contributed by atoms with E-state index in [1.807, 2.05) is 12.1 Å². The molecule has 2 N–H and O–H groups in total. The Balaban J connectivity index is 2.05. The van der Waals surface area contributed by atoms with E-state index in [4.69, 9.17) is 5.11 Å². The lowest BCUT2D eigenvalue weighted by molar-refractivity contribution is -0.144. The van der Waals surface area contributed by atoms with Crippen LogP contribution < -0.4 is 5.32 Å². The van der Waals surface area contributed by atoms with Crippen molar-refractivity contribution in [2.45, 2.75) is 45.1 Å². The SMILES string of the molecule is CC(C)(C)c1ccccc1NC1CC(C(=O)O)C1. The van der Waals surface area contributed by atoms with Gasteiger partial charge in [-0.1, -0.05) is 39.0 Å². The topological polar surface area (TPSA) is 49.3 Å². The molecular formula is C15H21NO2. The van der Waals surface area contributed by atoms with Gasteiger partial charge in [-0.3, -0.25) is 4.79 Å². The van der Waals surface area contributed by atoms with E-state index in [-0.39, 0.29) is 11.3 Å². The predicted molar refractivity (Wildman–Crippen MR) is 72.9 cm³/mol. The Morgan fingerprint density at radius 2 is 1.89 bits per heavy atom. The summed E-state index contributed by atoms with van der Waals surface area (Å²) in [6.07, 6.45) is 1.46. The third-order valence-electron chi connectivity index (χ3n) is 3.58.